The minimum Gasteiger partial charge on any atom is -0.345 e. The molecule has 1 N–H and O–H groups in total. The Kier molecular flexibility index (Phi) is 5.58. The van der Waals surface area contributed by atoms with Gasteiger partial charge in [-0.15, -0.1) is 0 Å². The fraction of sp³-hybridized carbons (Fsp3) is 0.545. The summed E-state index contributed by atoms with van der Waals surface area (Å²) >= 11 is 0. The van der Waals surface area contributed by atoms with Crippen LogP contribution in [0.25, 0.3) is 0 Å². The van der Waals surface area contributed by atoms with Gasteiger partial charge in [-0.2, -0.15) is 5.10 Å². The maximum absolute atomic E-state index is 11.7. The van der Waals surface area contributed by atoms with E-state index in [0.717, 1.165) is 45.4 Å². The average molecular weight is 367 g/mol. The maximum atomic E-state index is 11.7. The van der Waals surface area contributed by atoms with Crippen molar-refractivity contribution in [2.45, 2.75) is 38.0 Å². The molecule has 2 fully saturated rings. The van der Waals surface area contributed by atoms with Crippen LogP contribution in [0.15, 0.2) is 36.4 Å². The largest absolute Gasteiger partial charge is 0.345 e. The number of nitrogens with one attached hydrogen (secondary N) is 1. The highest BCUT2D eigenvalue weighted by Crippen LogP contribution is 2.28. The van der Waals surface area contributed by atoms with Crippen LogP contribution < -0.4 is 0 Å². The Morgan fingerprint density at radius 3 is 2.67 bits per heavy atom. The quantitative estimate of drug-likeness (QED) is 0.885. The Labute approximate surface area is 161 Å². The van der Waals surface area contributed by atoms with Gasteiger partial charge in [0.2, 0.25) is 5.91 Å². The van der Waals surface area contributed by atoms with E-state index >= 15 is 0 Å². The number of amides is 1. The zero-order valence-corrected chi connectivity index (χ0v) is 16.2. The number of piperidine rings is 2. The monoisotopic (exact) mass is 366 g/mol. The summed E-state index contributed by atoms with van der Waals surface area (Å²) in [6, 6.07) is 12.8. The number of hydrogen-bond donors (Lipinski definition) is 1. The van der Waals surface area contributed by atoms with E-state index in [-0.39, 0.29) is 0 Å². The van der Waals surface area contributed by atoms with Crippen LogP contribution in [-0.2, 0) is 11.2 Å². The van der Waals surface area contributed by atoms with Crippen LogP contribution in [0.3, 0.4) is 0 Å². The molecule has 0 aliphatic carbocycles. The SMILES string of the molecule is CN1CC(CN2CCC(c3cc(Cc4ccccc4)[nH]n3)CC2)CCC1=O. The van der Waals surface area contributed by atoms with Crippen molar-refractivity contribution in [3.05, 3.63) is 53.3 Å². The summed E-state index contributed by atoms with van der Waals surface area (Å²) in [4.78, 5) is 16.1. The molecule has 2 aliphatic heterocycles. The van der Waals surface area contributed by atoms with E-state index in [4.69, 9.17) is 0 Å². The highest BCUT2D eigenvalue weighted by atomic mass is 16.2. The zero-order chi connectivity index (χ0) is 18.6. The summed E-state index contributed by atoms with van der Waals surface area (Å²) < 4.78 is 0. The van der Waals surface area contributed by atoms with Gasteiger partial charge < -0.3 is 9.80 Å². The molecule has 0 spiro atoms. The first-order valence-corrected chi connectivity index (χ1v) is 10.2. The van der Waals surface area contributed by atoms with Gasteiger partial charge in [-0.05, 0) is 49.9 Å². The molecule has 5 heteroatoms. The Bertz CT molecular complexity index is 749. The van der Waals surface area contributed by atoms with E-state index in [9.17, 15) is 4.79 Å². The Morgan fingerprint density at radius 1 is 1.15 bits per heavy atom. The number of carbonyl (C=O) groups is 1. The topological polar surface area (TPSA) is 52.2 Å². The Hall–Kier alpha value is -2.14. The number of carbonyl (C=O) groups excluding carboxylic acids is 1. The minimum absolute atomic E-state index is 0.301. The lowest BCUT2D eigenvalue weighted by Crippen LogP contribution is -2.43. The first-order chi connectivity index (χ1) is 13.2. The lowest BCUT2D eigenvalue weighted by atomic mass is 9.91. The smallest absolute Gasteiger partial charge is 0.222 e. The van der Waals surface area contributed by atoms with Crippen molar-refractivity contribution in [3.63, 3.8) is 0 Å². The molecule has 0 radical (unpaired) electrons. The van der Waals surface area contributed by atoms with Crippen molar-refractivity contribution in [3.8, 4) is 0 Å². The average Bonchev–Trinajstić information content (AvgIpc) is 3.15. The fourth-order valence-corrected chi connectivity index (χ4v) is 4.52. The van der Waals surface area contributed by atoms with Crippen molar-refractivity contribution in [1.29, 1.82) is 0 Å². The van der Waals surface area contributed by atoms with Crippen molar-refractivity contribution in [1.82, 2.24) is 20.0 Å². The van der Waals surface area contributed by atoms with E-state index in [2.05, 4.69) is 51.5 Å². The summed E-state index contributed by atoms with van der Waals surface area (Å²) in [5.41, 5.74) is 3.75. The van der Waals surface area contributed by atoms with E-state index in [1.54, 1.807) is 0 Å². The molecule has 0 bridgehead atoms. The number of likely N-dealkylation sites (tertiary alicyclic amines) is 2. The second-order valence-electron chi connectivity index (χ2n) is 8.23. The number of benzene rings is 1. The predicted molar refractivity (Wildman–Crippen MR) is 107 cm³/mol. The van der Waals surface area contributed by atoms with Crippen molar-refractivity contribution in [2.24, 2.45) is 5.92 Å². The van der Waals surface area contributed by atoms with Crippen molar-refractivity contribution in [2.75, 3.05) is 33.2 Å². The van der Waals surface area contributed by atoms with Crippen LogP contribution in [0.5, 0.6) is 0 Å². The molecule has 1 amide bonds. The number of H-pyrrole nitrogens is 1. The van der Waals surface area contributed by atoms with E-state index in [1.165, 1.54) is 29.8 Å². The zero-order valence-electron chi connectivity index (χ0n) is 16.2. The number of aromatic amines is 1. The van der Waals surface area contributed by atoms with Crippen LogP contribution in [-0.4, -0.2) is 59.1 Å². The van der Waals surface area contributed by atoms with E-state index < -0.39 is 0 Å². The third kappa shape index (κ3) is 4.59. The minimum atomic E-state index is 0.301. The summed E-state index contributed by atoms with van der Waals surface area (Å²) in [6.07, 6.45) is 5.04. The van der Waals surface area contributed by atoms with Crippen LogP contribution in [0, 0.1) is 5.92 Å². The first-order valence-electron chi connectivity index (χ1n) is 10.2. The van der Waals surface area contributed by atoms with Crippen molar-refractivity contribution >= 4 is 5.91 Å². The second kappa shape index (κ2) is 8.26. The molecule has 3 heterocycles. The van der Waals surface area contributed by atoms with Crippen LogP contribution in [0.2, 0.25) is 0 Å². The normalized spacial score (nSPS) is 22.3. The van der Waals surface area contributed by atoms with Gasteiger partial charge >= 0.3 is 0 Å². The van der Waals surface area contributed by atoms with Gasteiger partial charge in [0.1, 0.15) is 0 Å². The predicted octanol–water partition coefficient (Wildman–Crippen LogP) is 3.05. The Balaban J connectivity index is 1.26. The van der Waals surface area contributed by atoms with Gasteiger partial charge in [0, 0.05) is 44.6 Å². The van der Waals surface area contributed by atoms with Crippen molar-refractivity contribution < 1.29 is 4.79 Å². The highest BCUT2D eigenvalue weighted by molar-refractivity contribution is 5.76. The molecule has 2 aliphatic rings. The standard InChI is InChI=1S/C22H30N4O/c1-25-15-18(7-8-22(25)27)16-26-11-9-19(10-12-26)21-14-20(23-24-21)13-17-5-3-2-4-6-17/h2-6,14,18-19H,7-13,15-16H2,1H3,(H,23,24). The first kappa shape index (κ1) is 18.2. The van der Waals surface area contributed by atoms with Crippen LogP contribution >= 0.6 is 0 Å². The number of rotatable bonds is 5. The summed E-state index contributed by atoms with van der Waals surface area (Å²) in [5.74, 6) is 1.50. The molecule has 5 nitrogen and oxygen atoms in total. The number of hydrogen-bond acceptors (Lipinski definition) is 3. The number of aromatic nitrogens is 2. The molecule has 2 saturated heterocycles. The number of nitrogens with zero attached hydrogens (tertiary/aromatic N) is 3. The molecule has 1 aromatic heterocycles. The van der Waals surface area contributed by atoms with Gasteiger partial charge in [-0.3, -0.25) is 9.89 Å². The lowest BCUT2D eigenvalue weighted by molar-refractivity contribution is -0.133. The van der Waals surface area contributed by atoms with Gasteiger partial charge in [-0.25, -0.2) is 0 Å². The molecule has 2 aromatic rings. The lowest BCUT2D eigenvalue weighted by Gasteiger charge is -2.36. The Morgan fingerprint density at radius 2 is 1.93 bits per heavy atom. The van der Waals surface area contributed by atoms with Gasteiger partial charge in [0.15, 0.2) is 0 Å². The van der Waals surface area contributed by atoms with Crippen LogP contribution in [0.1, 0.15) is 48.6 Å². The van der Waals surface area contributed by atoms with Gasteiger partial charge in [0.25, 0.3) is 0 Å². The molecule has 27 heavy (non-hydrogen) atoms. The molecule has 4 rings (SSSR count). The molecular weight excluding hydrogens is 336 g/mol. The fourth-order valence-electron chi connectivity index (χ4n) is 4.52. The van der Waals surface area contributed by atoms with Crippen LogP contribution in [0.4, 0.5) is 0 Å². The maximum Gasteiger partial charge on any atom is 0.222 e. The molecule has 1 unspecified atom stereocenters. The van der Waals surface area contributed by atoms with Gasteiger partial charge in [0.05, 0.1) is 5.69 Å². The highest BCUT2D eigenvalue weighted by Gasteiger charge is 2.27. The van der Waals surface area contributed by atoms with E-state index in [0.29, 0.717) is 17.7 Å². The molecule has 1 aromatic carbocycles. The van der Waals surface area contributed by atoms with Gasteiger partial charge in [-0.1, -0.05) is 30.3 Å². The summed E-state index contributed by atoms with van der Waals surface area (Å²) in [6.45, 7) is 4.32. The summed E-state index contributed by atoms with van der Waals surface area (Å²) in [5, 5.41) is 7.84. The summed E-state index contributed by atoms with van der Waals surface area (Å²) in [7, 11) is 1.94. The molecule has 144 valence electrons. The molecule has 0 saturated carbocycles. The van der Waals surface area contributed by atoms with E-state index in [1.807, 2.05) is 11.9 Å². The molecule has 1 atom stereocenters. The third-order valence-corrected chi connectivity index (χ3v) is 6.13. The second-order valence-corrected chi connectivity index (χ2v) is 8.23. The molecular formula is C22H30N4O. The third-order valence-electron chi connectivity index (χ3n) is 6.13.